The zero-order valence-corrected chi connectivity index (χ0v) is 23.4. The SMILES string of the molecule is CCS(=O)CCN(C(=O)Cc1ccc(F)c(C(F)(F)F)c1)C(C)c1nc2ncccc2c(=O)n1-c1ccc(C#N)cc1. The van der Waals surface area contributed by atoms with Gasteiger partial charge in [0.2, 0.25) is 5.91 Å². The third kappa shape index (κ3) is 6.54. The number of pyridine rings is 1. The summed E-state index contributed by atoms with van der Waals surface area (Å²) in [6.45, 7) is 3.24. The molecule has 218 valence electrons. The Kier molecular flexibility index (Phi) is 9.16. The fourth-order valence-electron chi connectivity index (χ4n) is 4.44. The molecule has 0 saturated heterocycles. The van der Waals surface area contributed by atoms with E-state index in [2.05, 4.69) is 9.97 Å². The second-order valence-electron chi connectivity index (χ2n) is 9.33. The first kappa shape index (κ1) is 30.5. The van der Waals surface area contributed by atoms with Crippen LogP contribution in [0.15, 0.2) is 65.6 Å². The standard InChI is InChI=1S/C29H25F4N5O3S/c1-3-42(41)14-13-37(25(39)16-20-8-11-24(30)23(15-20)29(31,32)33)18(2)27-36-26-22(5-4-12-35-26)28(40)38(27)21-9-6-19(17-34)7-10-21/h4-12,15,18H,3,13-14,16H2,1-2H3. The zero-order valence-electron chi connectivity index (χ0n) is 22.6. The van der Waals surface area contributed by atoms with Crippen molar-refractivity contribution in [3.05, 3.63) is 99.5 Å². The van der Waals surface area contributed by atoms with E-state index in [1.807, 2.05) is 6.07 Å². The predicted octanol–water partition coefficient (Wildman–Crippen LogP) is 4.71. The van der Waals surface area contributed by atoms with E-state index in [1.54, 1.807) is 38.1 Å². The van der Waals surface area contributed by atoms with Crippen molar-refractivity contribution < 1.29 is 26.6 Å². The first-order valence-electron chi connectivity index (χ1n) is 12.8. The van der Waals surface area contributed by atoms with Gasteiger partial charge in [0, 0.05) is 35.0 Å². The van der Waals surface area contributed by atoms with Gasteiger partial charge in [0.1, 0.15) is 11.6 Å². The number of aromatic nitrogens is 3. The van der Waals surface area contributed by atoms with Crippen molar-refractivity contribution in [3.8, 4) is 11.8 Å². The second kappa shape index (κ2) is 12.6. The smallest absolute Gasteiger partial charge is 0.332 e. The summed E-state index contributed by atoms with van der Waals surface area (Å²) in [5, 5.41) is 9.40. The van der Waals surface area contributed by atoms with Gasteiger partial charge in [-0.25, -0.2) is 14.4 Å². The van der Waals surface area contributed by atoms with E-state index in [0.29, 0.717) is 29.1 Å². The van der Waals surface area contributed by atoms with Crippen molar-refractivity contribution in [1.29, 1.82) is 5.26 Å². The molecule has 0 radical (unpaired) electrons. The van der Waals surface area contributed by atoms with Gasteiger partial charge in [0.25, 0.3) is 5.56 Å². The molecule has 42 heavy (non-hydrogen) atoms. The number of alkyl halides is 3. The maximum absolute atomic E-state index is 13.9. The van der Waals surface area contributed by atoms with E-state index in [0.717, 1.165) is 6.07 Å². The average Bonchev–Trinajstić information content (AvgIpc) is 2.97. The van der Waals surface area contributed by atoms with E-state index in [4.69, 9.17) is 0 Å². The predicted molar refractivity (Wildman–Crippen MR) is 149 cm³/mol. The van der Waals surface area contributed by atoms with Gasteiger partial charge >= 0.3 is 6.18 Å². The highest BCUT2D eigenvalue weighted by atomic mass is 32.2. The van der Waals surface area contributed by atoms with Gasteiger partial charge in [-0.3, -0.25) is 18.4 Å². The Bertz CT molecular complexity index is 1750. The van der Waals surface area contributed by atoms with E-state index >= 15 is 0 Å². The summed E-state index contributed by atoms with van der Waals surface area (Å²) in [6, 6.07) is 12.7. The highest BCUT2D eigenvalue weighted by Gasteiger charge is 2.35. The maximum atomic E-state index is 13.9. The lowest BCUT2D eigenvalue weighted by Crippen LogP contribution is -2.40. The van der Waals surface area contributed by atoms with E-state index in [-0.39, 0.29) is 34.7 Å². The Hall–Kier alpha value is -4.44. The van der Waals surface area contributed by atoms with Crippen LogP contribution in [0.3, 0.4) is 0 Å². The lowest BCUT2D eigenvalue weighted by molar-refractivity contribution is -0.140. The number of nitriles is 1. The summed E-state index contributed by atoms with van der Waals surface area (Å²) >= 11 is 0. The molecule has 2 aromatic carbocycles. The molecule has 2 unspecified atom stereocenters. The quantitative estimate of drug-likeness (QED) is 0.258. The van der Waals surface area contributed by atoms with Crippen LogP contribution in [0, 0.1) is 17.1 Å². The fraction of sp³-hybridized carbons (Fsp3) is 0.276. The largest absolute Gasteiger partial charge is 0.419 e. The average molecular weight is 600 g/mol. The Labute approximate surface area is 240 Å². The van der Waals surface area contributed by atoms with Gasteiger partial charge in [-0.2, -0.15) is 18.4 Å². The van der Waals surface area contributed by atoms with E-state index in [9.17, 15) is 36.6 Å². The molecular formula is C29H25F4N5O3S. The minimum absolute atomic E-state index is 0.0583. The highest BCUT2D eigenvalue weighted by molar-refractivity contribution is 7.84. The maximum Gasteiger partial charge on any atom is 0.419 e. The van der Waals surface area contributed by atoms with Crippen LogP contribution in [0.1, 0.15) is 42.4 Å². The molecule has 0 aliphatic carbocycles. The molecule has 1 amide bonds. The molecule has 2 aromatic heterocycles. The van der Waals surface area contributed by atoms with Crippen molar-refractivity contribution in [2.75, 3.05) is 18.1 Å². The molecule has 4 rings (SSSR count). The van der Waals surface area contributed by atoms with Crippen LogP contribution in [0.25, 0.3) is 16.7 Å². The molecule has 0 fully saturated rings. The number of hydrogen-bond acceptors (Lipinski definition) is 6. The molecule has 0 N–H and O–H groups in total. The minimum Gasteiger partial charge on any atom is -0.332 e. The summed E-state index contributed by atoms with van der Waals surface area (Å²) in [5.41, 5.74) is -1.22. The Morgan fingerprint density at radius 3 is 2.52 bits per heavy atom. The molecule has 0 saturated carbocycles. The number of carbonyl (C=O) groups excluding carboxylic acids is 1. The zero-order chi connectivity index (χ0) is 30.6. The molecule has 0 aliphatic rings. The first-order chi connectivity index (χ1) is 19.9. The highest BCUT2D eigenvalue weighted by Crippen LogP contribution is 2.32. The van der Waals surface area contributed by atoms with Crippen LogP contribution < -0.4 is 5.56 Å². The van der Waals surface area contributed by atoms with Crippen LogP contribution >= 0.6 is 0 Å². The molecule has 8 nitrogen and oxygen atoms in total. The second-order valence-corrected chi connectivity index (χ2v) is 11.2. The van der Waals surface area contributed by atoms with Crippen molar-refractivity contribution in [2.45, 2.75) is 32.5 Å². The normalized spacial score (nSPS) is 13.0. The van der Waals surface area contributed by atoms with Gasteiger partial charge in [0.05, 0.1) is 40.7 Å². The number of nitrogens with zero attached hydrogens (tertiary/aromatic N) is 5. The lowest BCUT2D eigenvalue weighted by atomic mass is 10.1. The van der Waals surface area contributed by atoms with Crippen LogP contribution in [0.4, 0.5) is 17.6 Å². The van der Waals surface area contributed by atoms with Crippen molar-refractivity contribution in [1.82, 2.24) is 19.4 Å². The molecule has 13 heteroatoms. The number of fused-ring (bicyclic) bond motifs is 1. The number of amides is 1. The molecule has 0 bridgehead atoms. The van der Waals surface area contributed by atoms with Gasteiger partial charge < -0.3 is 4.90 Å². The number of hydrogen-bond donors (Lipinski definition) is 0. The van der Waals surface area contributed by atoms with Crippen LogP contribution in [0.2, 0.25) is 0 Å². The molecule has 2 heterocycles. The summed E-state index contributed by atoms with van der Waals surface area (Å²) in [4.78, 5) is 37.4. The number of rotatable bonds is 9. The van der Waals surface area contributed by atoms with Crippen LogP contribution in [0.5, 0.6) is 0 Å². The minimum atomic E-state index is -4.95. The van der Waals surface area contributed by atoms with Crippen LogP contribution in [-0.4, -0.2) is 47.6 Å². The van der Waals surface area contributed by atoms with Crippen LogP contribution in [-0.2, 0) is 28.2 Å². The summed E-state index contributed by atoms with van der Waals surface area (Å²) < 4.78 is 67.4. The number of halogens is 4. The lowest BCUT2D eigenvalue weighted by Gasteiger charge is -2.30. The molecular weight excluding hydrogens is 574 g/mol. The third-order valence-corrected chi connectivity index (χ3v) is 7.94. The van der Waals surface area contributed by atoms with Crippen molar-refractivity contribution >= 4 is 27.7 Å². The van der Waals surface area contributed by atoms with Gasteiger partial charge in [0.15, 0.2) is 5.65 Å². The van der Waals surface area contributed by atoms with Gasteiger partial charge in [-0.1, -0.05) is 13.0 Å². The molecule has 0 spiro atoms. The molecule has 2 atom stereocenters. The fourth-order valence-corrected chi connectivity index (χ4v) is 5.13. The monoisotopic (exact) mass is 599 g/mol. The van der Waals surface area contributed by atoms with E-state index < -0.39 is 52.3 Å². The number of benzene rings is 2. The number of carbonyl (C=O) groups is 1. The third-order valence-electron chi connectivity index (χ3n) is 6.66. The summed E-state index contributed by atoms with van der Waals surface area (Å²) in [5.74, 6) is -1.62. The van der Waals surface area contributed by atoms with Gasteiger partial charge in [-0.15, -0.1) is 0 Å². The van der Waals surface area contributed by atoms with Crippen molar-refractivity contribution in [3.63, 3.8) is 0 Å². The Morgan fingerprint density at radius 2 is 1.88 bits per heavy atom. The summed E-state index contributed by atoms with van der Waals surface area (Å²) in [7, 11) is -1.30. The van der Waals surface area contributed by atoms with E-state index in [1.165, 1.54) is 27.8 Å². The Balaban J connectivity index is 1.82. The van der Waals surface area contributed by atoms with Gasteiger partial charge in [-0.05, 0) is 61.0 Å². The van der Waals surface area contributed by atoms with Crippen molar-refractivity contribution in [2.24, 2.45) is 0 Å². The first-order valence-corrected chi connectivity index (χ1v) is 14.3. The Morgan fingerprint density at radius 1 is 1.17 bits per heavy atom. The molecule has 4 aromatic rings. The topological polar surface area (TPSA) is 109 Å². The molecule has 0 aliphatic heterocycles. The summed E-state index contributed by atoms with van der Waals surface area (Å²) in [6.07, 6.45) is -4.01.